The monoisotopic (exact) mass is 440 g/mol. The molecule has 8 heteroatoms. The fourth-order valence-electron chi connectivity index (χ4n) is 2.32. The van der Waals surface area contributed by atoms with E-state index in [4.69, 9.17) is 4.74 Å². The lowest BCUT2D eigenvalue weighted by Gasteiger charge is -2.14. The molecule has 0 aliphatic rings. The zero-order chi connectivity index (χ0) is 19.5. The van der Waals surface area contributed by atoms with Crippen LogP contribution in [0.4, 0.5) is 5.69 Å². The molecule has 140 valence electrons. The summed E-state index contributed by atoms with van der Waals surface area (Å²) in [6, 6.07) is 9.53. The molecule has 0 aromatic heterocycles. The topological polar surface area (TPSA) is 84.5 Å². The summed E-state index contributed by atoms with van der Waals surface area (Å²) in [4.78, 5) is 12.5. The molecule has 2 N–H and O–H groups in total. The number of methoxy groups -OCH3 is 1. The van der Waals surface area contributed by atoms with Gasteiger partial charge in [-0.2, -0.15) is 0 Å². The Kier molecular flexibility index (Phi) is 6.44. The van der Waals surface area contributed by atoms with Crippen molar-refractivity contribution in [3.63, 3.8) is 0 Å². The Morgan fingerprint density at radius 2 is 1.85 bits per heavy atom. The van der Waals surface area contributed by atoms with Crippen molar-refractivity contribution in [1.82, 2.24) is 4.72 Å². The lowest BCUT2D eigenvalue weighted by atomic mass is 10.2. The molecule has 0 unspecified atom stereocenters. The highest BCUT2D eigenvalue weighted by Gasteiger charge is 2.22. The van der Waals surface area contributed by atoms with Crippen LogP contribution in [0, 0.1) is 6.92 Å². The number of halogens is 1. The minimum Gasteiger partial charge on any atom is -0.495 e. The number of benzene rings is 2. The highest BCUT2D eigenvalue weighted by atomic mass is 79.9. The number of rotatable bonds is 6. The van der Waals surface area contributed by atoms with E-state index in [1.165, 1.54) is 25.3 Å². The quantitative estimate of drug-likeness (QED) is 0.716. The highest BCUT2D eigenvalue weighted by Crippen LogP contribution is 2.27. The fraction of sp³-hybridized carbons (Fsp3) is 0.278. The zero-order valence-electron chi connectivity index (χ0n) is 15.0. The molecule has 0 saturated carbocycles. The Bertz CT molecular complexity index is 927. The number of carbonyl (C=O) groups is 1. The lowest BCUT2D eigenvalue weighted by Crippen LogP contribution is -2.30. The van der Waals surface area contributed by atoms with Gasteiger partial charge in [-0.05, 0) is 72.6 Å². The Labute approximate surface area is 162 Å². The molecule has 0 heterocycles. The summed E-state index contributed by atoms with van der Waals surface area (Å²) >= 11 is 3.40. The number of anilines is 1. The Morgan fingerprint density at radius 1 is 1.15 bits per heavy atom. The molecular formula is C18H21BrN2O4S. The van der Waals surface area contributed by atoms with E-state index in [2.05, 4.69) is 26.0 Å². The van der Waals surface area contributed by atoms with E-state index in [-0.39, 0.29) is 22.3 Å². The molecule has 0 saturated heterocycles. The average Bonchev–Trinajstić information content (AvgIpc) is 2.55. The van der Waals surface area contributed by atoms with E-state index in [0.717, 1.165) is 10.0 Å². The van der Waals surface area contributed by atoms with E-state index in [9.17, 15) is 13.2 Å². The molecule has 2 rings (SSSR count). The number of aryl methyl sites for hydroxylation is 1. The second-order valence-corrected chi connectivity index (χ2v) is 8.62. The predicted octanol–water partition coefficient (Wildman–Crippen LogP) is 3.71. The summed E-state index contributed by atoms with van der Waals surface area (Å²) in [7, 11) is -2.43. The molecule has 0 aliphatic carbocycles. The van der Waals surface area contributed by atoms with E-state index in [0.29, 0.717) is 5.69 Å². The highest BCUT2D eigenvalue weighted by molar-refractivity contribution is 9.10. The van der Waals surface area contributed by atoms with E-state index < -0.39 is 15.9 Å². The van der Waals surface area contributed by atoms with Crippen molar-refractivity contribution >= 4 is 37.5 Å². The van der Waals surface area contributed by atoms with Gasteiger partial charge >= 0.3 is 0 Å². The van der Waals surface area contributed by atoms with Crippen LogP contribution in [0.3, 0.4) is 0 Å². The van der Waals surface area contributed by atoms with Crippen molar-refractivity contribution in [2.24, 2.45) is 0 Å². The van der Waals surface area contributed by atoms with E-state index in [1.807, 2.05) is 19.1 Å². The molecule has 2 aromatic rings. The van der Waals surface area contributed by atoms with Gasteiger partial charge in [-0.25, -0.2) is 13.1 Å². The number of nitrogens with one attached hydrogen (secondary N) is 2. The molecule has 0 fully saturated rings. The summed E-state index contributed by atoms with van der Waals surface area (Å²) in [6.45, 7) is 5.38. The summed E-state index contributed by atoms with van der Waals surface area (Å²) in [5.74, 6) is -0.246. The van der Waals surface area contributed by atoms with E-state index >= 15 is 0 Å². The van der Waals surface area contributed by atoms with Crippen LogP contribution in [0.25, 0.3) is 0 Å². The van der Waals surface area contributed by atoms with Crippen LogP contribution >= 0.6 is 15.9 Å². The van der Waals surface area contributed by atoms with Crippen LogP contribution in [0.15, 0.2) is 45.8 Å². The molecule has 6 nitrogen and oxygen atoms in total. The normalized spacial score (nSPS) is 11.5. The fourth-order valence-corrected chi connectivity index (χ4v) is 4.36. The van der Waals surface area contributed by atoms with Gasteiger partial charge in [-0.1, -0.05) is 6.07 Å². The summed E-state index contributed by atoms with van der Waals surface area (Å²) in [6.07, 6.45) is 0. The van der Waals surface area contributed by atoms with Gasteiger partial charge in [0, 0.05) is 16.1 Å². The molecule has 26 heavy (non-hydrogen) atoms. The standard InChI is InChI=1S/C18H21BrN2O4S/c1-11(2)21-26(23,24)17-10-13(6-8-16(17)25-4)18(22)20-15-7-5-12(3)9-14(15)19/h5-11,21H,1-4H3,(H,20,22). The van der Waals surface area contributed by atoms with Crippen LogP contribution in [-0.2, 0) is 10.0 Å². The minimum absolute atomic E-state index is 0.0793. The zero-order valence-corrected chi connectivity index (χ0v) is 17.4. The van der Waals surface area contributed by atoms with Crippen molar-refractivity contribution in [3.8, 4) is 5.75 Å². The molecule has 0 spiro atoms. The number of sulfonamides is 1. The van der Waals surface area contributed by atoms with Gasteiger partial charge in [0.1, 0.15) is 10.6 Å². The summed E-state index contributed by atoms with van der Waals surface area (Å²) in [5, 5.41) is 2.77. The van der Waals surface area contributed by atoms with Crippen LogP contribution in [0.1, 0.15) is 29.8 Å². The van der Waals surface area contributed by atoms with Crippen LogP contribution in [0.2, 0.25) is 0 Å². The molecule has 0 atom stereocenters. The molecule has 0 radical (unpaired) electrons. The van der Waals surface area contributed by atoms with Crippen molar-refractivity contribution in [1.29, 1.82) is 0 Å². The van der Waals surface area contributed by atoms with Crippen LogP contribution in [0.5, 0.6) is 5.75 Å². The SMILES string of the molecule is COc1ccc(C(=O)Nc2ccc(C)cc2Br)cc1S(=O)(=O)NC(C)C. The third-order valence-electron chi connectivity index (χ3n) is 3.48. The van der Waals surface area contributed by atoms with Crippen molar-refractivity contribution in [3.05, 3.63) is 52.0 Å². The number of hydrogen-bond donors (Lipinski definition) is 2. The first kappa shape index (κ1) is 20.4. The van der Waals surface area contributed by atoms with Crippen molar-refractivity contribution in [2.75, 3.05) is 12.4 Å². The van der Waals surface area contributed by atoms with Crippen molar-refractivity contribution in [2.45, 2.75) is 31.7 Å². The molecule has 0 aliphatic heterocycles. The summed E-state index contributed by atoms with van der Waals surface area (Å²) < 4.78 is 33.4. The Balaban J connectivity index is 2.38. The number of ether oxygens (including phenoxy) is 1. The van der Waals surface area contributed by atoms with Gasteiger partial charge in [0.25, 0.3) is 5.91 Å². The van der Waals surface area contributed by atoms with Gasteiger partial charge in [-0.15, -0.1) is 0 Å². The smallest absolute Gasteiger partial charge is 0.255 e. The summed E-state index contributed by atoms with van der Waals surface area (Å²) in [5.41, 5.74) is 1.86. The predicted molar refractivity (Wildman–Crippen MR) is 105 cm³/mol. The number of hydrogen-bond acceptors (Lipinski definition) is 4. The van der Waals surface area contributed by atoms with Gasteiger partial charge in [-0.3, -0.25) is 4.79 Å². The third-order valence-corrected chi connectivity index (χ3v) is 5.81. The average molecular weight is 441 g/mol. The van der Waals surface area contributed by atoms with Gasteiger partial charge in [0.15, 0.2) is 0 Å². The maximum Gasteiger partial charge on any atom is 0.255 e. The molecule has 2 aromatic carbocycles. The number of amides is 1. The first-order valence-electron chi connectivity index (χ1n) is 7.92. The minimum atomic E-state index is -3.81. The van der Waals surface area contributed by atoms with Gasteiger partial charge < -0.3 is 10.1 Å². The maximum atomic E-state index is 12.6. The number of carbonyl (C=O) groups excluding carboxylic acids is 1. The second-order valence-electron chi connectivity index (χ2n) is 6.08. The van der Waals surface area contributed by atoms with E-state index in [1.54, 1.807) is 19.9 Å². The molecule has 0 bridgehead atoms. The van der Waals surface area contributed by atoms with Crippen LogP contribution < -0.4 is 14.8 Å². The van der Waals surface area contributed by atoms with Gasteiger partial charge in [0.2, 0.25) is 10.0 Å². The van der Waals surface area contributed by atoms with Crippen LogP contribution in [-0.4, -0.2) is 27.5 Å². The first-order valence-corrected chi connectivity index (χ1v) is 10.2. The Hall–Kier alpha value is -1.90. The largest absolute Gasteiger partial charge is 0.495 e. The first-order chi connectivity index (χ1) is 12.1. The molecule has 1 amide bonds. The second kappa shape index (κ2) is 8.20. The Morgan fingerprint density at radius 3 is 2.42 bits per heavy atom. The van der Waals surface area contributed by atoms with Crippen molar-refractivity contribution < 1.29 is 17.9 Å². The molecular weight excluding hydrogens is 420 g/mol. The lowest BCUT2D eigenvalue weighted by molar-refractivity contribution is 0.102. The maximum absolute atomic E-state index is 12.6. The third kappa shape index (κ3) is 4.84. The van der Waals surface area contributed by atoms with Gasteiger partial charge in [0.05, 0.1) is 12.8 Å².